The van der Waals surface area contributed by atoms with Gasteiger partial charge in [-0.15, -0.1) is 12.3 Å². The molecule has 52 valence electrons. The molecule has 0 bridgehead atoms. The lowest BCUT2D eigenvalue weighted by molar-refractivity contribution is -0.119. The number of amides is 1. The second kappa shape index (κ2) is 5.72. The summed E-state index contributed by atoms with van der Waals surface area (Å²) < 4.78 is 0. The van der Waals surface area contributed by atoms with Crippen LogP contribution in [0.3, 0.4) is 0 Å². The largest absolute Gasteiger partial charge is 0.344 e. The van der Waals surface area contributed by atoms with E-state index in [0.29, 0.717) is 6.54 Å². The molecule has 10 heavy (non-hydrogen) atoms. The van der Waals surface area contributed by atoms with E-state index in [4.69, 9.17) is 6.42 Å². The van der Waals surface area contributed by atoms with Gasteiger partial charge in [-0.25, -0.2) is 0 Å². The van der Waals surface area contributed by atoms with Crippen molar-refractivity contribution < 1.29 is 4.79 Å². The van der Waals surface area contributed by atoms with Gasteiger partial charge in [-0.05, 0) is 6.92 Å². The molecule has 0 aromatic rings. The Bertz CT molecular complexity index is 202. The third kappa shape index (κ3) is 4.74. The van der Waals surface area contributed by atoms with Gasteiger partial charge in [-0.1, -0.05) is 11.8 Å². The van der Waals surface area contributed by atoms with Crippen LogP contribution in [0.25, 0.3) is 0 Å². The third-order valence-corrected chi connectivity index (χ3v) is 0.813. The lowest BCUT2D eigenvalue weighted by Crippen LogP contribution is -2.22. The van der Waals surface area contributed by atoms with Gasteiger partial charge in [0.2, 0.25) is 5.91 Å². The number of terminal acetylenes is 1. The summed E-state index contributed by atoms with van der Waals surface area (Å²) in [6.45, 7) is 2.10. The van der Waals surface area contributed by atoms with Gasteiger partial charge < -0.3 is 5.32 Å². The van der Waals surface area contributed by atoms with Crippen LogP contribution in [0, 0.1) is 24.2 Å². The minimum atomic E-state index is -0.148. The quantitative estimate of drug-likeness (QED) is 0.536. The van der Waals surface area contributed by atoms with Crippen LogP contribution >= 0.6 is 0 Å². The van der Waals surface area contributed by atoms with Crippen LogP contribution in [-0.2, 0) is 4.79 Å². The SMILES string of the molecule is C#CCC(=O)NCC#CC. The number of carbonyl (C=O) groups is 1. The minimum Gasteiger partial charge on any atom is -0.344 e. The van der Waals surface area contributed by atoms with Gasteiger partial charge in [0, 0.05) is 0 Å². The number of hydrogen-bond acceptors (Lipinski definition) is 1. The van der Waals surface area contributed by atoms with E-state index < -0.39 is 0 Å². The van der Waals surface area contributed by atoms with Crippen LogP contribution in [0.4, 0.5) is 0 Å². The Labute approximate surface area is 61.0 Å². The van der Waals surface area contributed by atoms with Crippen LogP contribution in [0.2, 0.25) is 0 Å². The zero-order chi connectivity index (χ0) is 7.82. The summed E-state index contributed by atoms with van der Waals surface area (Å²) in [6.07, 6.45) is 5.02. The molecule has 0 saturated carbocycles. The highest BCUT2D eigenvalue weighted by Crippen LogP contribution is 1.72. The first-order chi connectivity index (χ1) is 4.81. The van der Waals surface area contributed by atoms with Crippen molar-refractivity contribution in [2.45, 2.75) is 13.3 Å². The molecule has 2 heteroatoms. The number of nitrogens with one attached hydrogen (secondary N) is 1. The lowest BCUT2D eigenvalue weighted by atomic mass is 10.4. The van der Waals surface area contributed by atoms with E-state index in [0.717, 1.165) is 0 Å². The van der Waals surface area contributed by atoms with Crippen LogP contribution in [0.15, 0.2) is 0 Å². The van der Waals surface area contributed by atoms with Crippen LogP contribution in [0.1, 0.15) is 13.3 Å². The highest BCUT2D eigenvalue weighted by molar-refractivity contribution is 5.78. The molecule has 0 aromatic carbocycles. The molecular formula is C8H9NO. The topological polar surface area (TPSA) is 29.1 Å². The van der Waals surface area contributed by atoms with Crippen LogP contribution < -0.4 is 5.32 Å². The maximum absolute atomic E-state index is 10.6. The molecule has 0 heterocycles. The summed E-state index contributed by atoms with van der Waals surface area (Å²) in [5.74, 6) is 7.42. The van der Waals surface area contributed by atoms with E-state index in [1.54, 1.807) is 6.92 Å². The number of carbonyl (C=O) groups excluding carboxylic acids is 1. The molecule has 2 nitrogen and oxygen atoms in total. The third-order valence-electron chi connectivity index (χ3n) is 0.813. The average molecular weight is 135 g/mol. The normalized spacial score (nSPS) is 6.80. The highest BCUT2D eigenvalue weighted by atomic mass is 16.1. The zero-order valence-electron chi connectivity index (χ0n) is 5.90. The van der Waals surface area contributed by atoms with E-state index in [2.05, 4.69) is 23.1 Å². The number of hydrogen-bond donors (Lipinski definition) is 1. The van der Waals surface area contributed by atoms with Gasteiger partial charge in [0.25, 0.3) is 0 Å². The maximum atomic E-state index is 10.6. The lowest BCUT2D eigenvalue weighted by Gasteiger charge is -1.93. The smallest absolute Gasteiger partial charge is 0.232 e. The molecule has 0 fully saturated rings. The van der Waals surface area contributed by atoms with Gasteiger partial charge in [-0.3, -0.25) is 4.79 Å². The molecule has 0 aromatic heterocycles. The molecule has 0 aliphatic carbocycles. The second-order valence-corrected chi connectivity index (χ2v) is 1.58. The predicted molar refractivity (Wildman–Crippen MR) is 39.9 cm³/mol. The molecular weight excluding hydrogens is 126 g/mol. The minimum absolute atomic E-state index is 0.130. The Morgan fingerprint density at radius 2 is 2.40 bits per heavy atom. The Morgan fingerprint density at radius 1 is 1.70 bits per heavy atom. The molecule has 0 saturated heterocycles. The number of rotatable bonds is 2. The molecule has 0 aliphatic heterocycles. The van der Waals surface area contributed by atoms with Crippen molar-refractivity contribution in [2.24, 2.45) is 0 Å². The van der Waals surface area contributed by atoms with Crippen molar-refractivity contribution in [3.63, 3.8) is 0 Å². The van der Waals surface area contributed by atoms with E-state index in [1.165, 1.54) is 0 Å². The fourth-order valence-corrected chi connectivity index (χ4v) is 0.386. The Kier molecular flexibility index (Phi) is 4.91. The molecule has 0 aliphatic rings. The molecule has 0 rings (SSSR count). The molecule has 0 radical (unpaired) electrons. The molecule has 1 amide bonds. The summed E-state index contributed by atoms with van der Waals surface area (Å²) in [5, 5.41) is 2.53. The standard InChI is InChI=1S/C8H9NO/c1-3-5-7-9-8(10)6-4-2/h2H,6-7H2,1H3,(H,9,10). The Hall–Kier alpha value is -1.41. The first kappa shape index (κ1) is 8.59. The van der Waals surface area contributed by atoms with Gasteiger partial charge in [0.05, 0.1) is 13.0 Å². The average Bonchev–Trinajstić information content (AvgIpc) is 1.89. The monoisotopic (exact) mass is 135 g/mol. The van der Waals surface area contributed by atoms with Gasteiger partial charge in [0.1, 0.15) is 0 Å². The first-order valence-electron chi connectivity index (χ1n) is 2.91. The van der Waals surface area contributed by atoms with E-state index in [1.807, 2.05) is 0 Å². The van der Waals surface area contributed by atoms with Crippen molar-refractivity contribution in [1.82, 2.24) is 5.32 Å². The van der Waals surface area contributed by atoms with Gasteiger partial charge >= 0.3 is 0 Å². The molecule has 1 N–H and O–H groups in total. The second-order valence-electron chi connectivity index (χ2n) is 1.58. The molecule has 0 unspecified atom stereocenters. The highest BCUT2D eigenvalue weighted by Gasteiger charge is 1.92. The maximum Gasteiger partial charge on any atom is 0.232 e. The summed E-state index contributed by atoms with van der Waals surface area (Å²) in [7, 11) is 0. The summed E-state index contributed by atoms with van der Waals surface area (Å²) in [6, 6.07) is 0. The van der Waals surface area contributed by atoms with E-state index in [-0.39, 0.29) is 12.3 Å². The zero-order valence-corrected chi connectivity index (χ0v) is 5.90. The Balaban J connectivity index is 3.39. The van der Waals surface area contributed by atoms with Crippen molar-refractivity contribution in [3.8, 4) is 24.2 Å². The van der Waals surface area contributed by atoms with Gasteiger partial charge in [0.15, 0.2) is 0 Å². The first-order valence-corrected chi connectivity index (χ1v) is 2.91. The molecule has 0 spiro atoms. The summed E-state index contributed by atoms with van der Waals surface area (Å²) >= 11 is 0. The summed E-state index contributed by atoms with van der Waals surface area (Å²) in [4.78, 5) is 10.6. The van der Waals surface area contributed by atoms with Crippen LogP contribution in [-0.4, -0.2) is 12.5 Å². The van der Waals surface area contributed by atoms with Crippen molar-refractivity contribution in [3.05, 3.63) is 0 Å². The van der Waals surface area contributed by atoms with Crippen molar-refractivity contribution in [1.29, 1.82) is 0 Å². The van der Waals surface area contributed by atoms with Gasteiger partial charge in [-0.2, -0.15) is 0 Å². The Morgan fingerprint density at radius 3 is 2.90 bits per heavy atom. The molecule has 0 atom stereocenters. The van der Waals surface area contributed by atoms with Crippen molar-refractivity contribution in [2.75, 3.05) is 6.54 Å². The van der Waals surface area contributed by atoms with Crippen molar-refractivity contribution >= 4 is 5.91 Å². The van der Waals surface area contributed by atoms with E-state index >= 15 is 0 Å². The fraction of sp³-hybridized carbons (Fsp3) is 0.375. The van der Waals surface area contributed by atoms with E-state index in [9.17, 15) is 4.79 Å². The van der Waals surface area contributed by atoms with Crippen LogP contribution in [0.5, 0.6) is 0 Å². The summed E-state index contributed by atoms with van der Waals surface area (Å²) in [5.41, 5.74) is 0. The predicted octanol–water partition coefficient (Wildman–Crippen LogP) is 0.149. The fourth-order valence-electron chi connectivity index (χ4n) is 0.386.